The van der Waals surface area contributed by atoms with Gasteiger partial charge in [-0.1, -0.05) is 59.6 Å². The number of benzene rings is 2. The fourth-order valence-electron chi connectivity index (χ4n) is 2.81. The van der Waals surface area contributed by atoms with E-state index in [1.54, 1.807) is 0 Å². The van der Waals surface area contributed by atoms with Gasteiger partial charge < -0.3 is 5.32 Å². The molecule has 0 aromatic heterocycles. The lowest BCUT2D eigenvalue weighted by Gasteiger charge is -2.31. The minimum Gasteiger partial charge on any atom is -0.302 e. The maximum absolute atomic E-state index is 12.1. The summed E-state index contributed by atoms with van der Waals surface area (Å²) < 4.78 is 0. The molecule has 1 aliphatic rings. The monoisotopic (exact) mass is 319 g/mol. The second kappa shape index (κ2) is 6.18. The van der Waals surface area contributed by atoms with Gasteiger partial charge in [-0.3, -0.25) is 4.79 Å². The summed E-state index contributed by atoms with van der Waals surface area (Å²) in [5.41, 5.74) is 1.92. The van der Waals surface area contributed by atoms with E-state index in [1.165, 1.54) is 0 Å². The topological polar surface area (TPSA) is 29.1 Å². The van der Waals surface area contributed by atoms with Crippen LogP contribution in [0.5, 0.6) is 0 Å². The molecule has 0 saturated carbocycles. The van der Waals surface area contributed by atoms with Gasteiger partial charge in [0, 0.05) is 35.0 Å². The Labute approximate surface area is 134 Å². The average molecular weight is 320 g/mol. The van der Waals surface area contributed by atoms with E-state index in [4.69, 9.17) is 23.2 Å². The van der Waals surface area contributed by atoms with Crippen molar-refractivity contribution in [2.45, 2.75) is 24.9 Å². The average Bonchev–Trinajstić information content (AvgIpc) is 2.47. The highest BCUT2D eigenvalue weighted by Crippen LogP contribution is 2.35. The predicted octanol–water partition coefficient (Wildman–Crippen LogP) is 4.73. The van der Waals surface area contributed by atoms with Crippen LogP contribution in [-0.4, -0.2) is 5.78 Å². The van der Waals surface area contributed by atoms with Gasteiger partial charge in [0.15, 0.2) is 0 Å². The molecule has 2 aromatic rings. The van der Waals surface area contributed by atoms with Crippen LogP contribution in [0.2, 0.25) is 10.0 Å². The largest absolute Gasteiger partial charge is 0.302 e. The first-order chi connectivity index (χ1) is 10.1. The second-order valence-electron chi connectivity index (χ2n) is 5.26. The molecule has 2 atom stereocenters. The predicted molar refractivity (Wildman–Crippen MR) is 85.8 cm³/mol. The number of Topliss-reactive ketones (excluding diaryl/α,β-unsaturated/α-hetero) is 1. The molecule has 1 N–H and O–H groups in total. The lowest BCUT2D eigenvalue weighted by atomic mass is 9.89. The Morgan fingerprint density at radius 3 is 1.67 bits per heavy atom. The molecule has 1 saturated heterocycles. The van der Waals surface area contributed by atoms with Crippen molar-refractivity contribution in [2.75, 3.05) is 0 Å². The number of carbonyl (C=O) groups excluding carboxylic acids is 1. The van der Waals surface area contributed by atoms with Gasteiger partial charge in [0.2, 0.25) is 0 Å². The minimum absolute atomic E-state index is 0.0683. The Balaban J connectivity index is 1.91. The molecule has 4 heteroatoms. The van der Waals surface area contributed by atoms with Crippen LogP contribution >= 0.6 is 23.2 Å². The molecule has 0 spiro atoms. The van der Waals surface area contributed by atoms with E-state index in [0.29, 0.717) is 22.9 Å². The third-order valence-electron chi connectivity index (χ3n) is 3.83. The van der Waals surface area contributed by atoms with Crippen LogP contribution in [0.3, 0.4) is 0 Å². The highest BCUT2D eigenvalue weighted by atomic mass is 35.5. The Morgan fingerprint density at radius 1 is 0.810 bits per heavy atom. The smallest absolute Gasteiger partial charge is 0.136 e. The Bertz CT molecular complexity index is 616. The molecule has 0 radical (unpaired) electrons. The fourth-order valence-corrected chi connectivity index (χ4v) is 3.35. The van der Waals surface area contributed by atoms with Crippen molar-refractivity contribution in [2.24, 2.45) is 0 Å². The van der Waals surface area contributed by atoms with Crippen molar-refractivity contribution < 1.29 is 4.79 Å². The van der Waals surface area contributed by atoms with Gasteiger partial charge in [-0.2, -0.15) is 0 Å². The molecule has 0 bridgehead atoms. The zero-order chi connectivity index (χ0) is 14.8. The number of ketones is 1. The molecule has 108 valence electrons. The van der Waals surface area contributed by atoms with Gasteiger partial charge in [-0.05, 0) is 23.3 Å². The molecule has 0 amide bonds. The van der Waals surface area contributed by atoms with E-state index in [2.05, 4.69) is 5.32 Å². The lowest BCUT2D eigenvalue weighted by molar-refractivity contribution is -0.121. The van der Waals surface area contributed by atoms with Crippen LogP contribution in [0.25, 0.3) is 0 Å². The molecule has 1 fully saturated rings. The van der Waals surface area contributed by atoms with E-state index in [-0.39, 0.29) is 17.9 Å². The summed E-state index contributed by atoms with van der Waals surface area (Å²) in [6.45, 7) is 0. The first kappa shape index (κ1) is 14.6. The highest BCUT2D eigenvalue weighted by molar-refractivity contribution is 6.31. The maximum Gasteiger partial charge on any atom is 0.136 e. The van der Waals surface area contributed by atoms with Gasteiger partial charge in [0.05, 0.1) is 0 Å². The van der Waals surface area contributed by atoms with Crippen LogP contribution in [0.15, 0.2) is 48.5 Å². The Hall–Kier alpha value is -1.35. The quantitative estimate of drug-likeness (QED) is 0.867. The van der Waals surface area contributed by atoms with E-state index < -0.39 is 0 Å². The summed E-state index contributed by atoms with van der Waals surface area (Å²) >= 11 is 12.5. The molecule has 2 aromatic carbocycles. The molecular weight excluding hydrogens is 305 g/mol. The van der Waals surface area contributed by atoms with Crippen molar-refractivity contribution >= 4 is 29.0 Å². The highest BCUT2D eigenvalue weighted by Gasteiger charge is 2.30. The third-order valence-corrected chi connectivity index (χ3v) is 4.52. The SMILES string of the molecule is O=C1C[C@@H](c2ccccc2Cl)N[C@@H](c2ccccc2Cl)C1. The van der Waals surface area contributed by atoms with Crippen molar-refractivity contribution in [1.82, 2.24) is 5.32 Å². The number of hydrogen-bond acceptors (Lipinski definition) is 2. The van der Waals surface area contributed by atoms with Crippen LogP contribution in [0, 0.1) is 0 Å². The van der Waals surface area contributed by atoms with Crippen LogP contribution < -0.4 is 5.32 Å². The Kier molecular flexibility index (Phi) is 4.29. The van der Waals surface area contributed by atoms with E-state index in [1.807, 2.05) is 48.5 Å². The van der Waals surface area contributed by atoms with E-state index >= 15 is 0 Å². The molecular formula is C17H15Cl2NO. The molecule has 1 aliphatic heterocycles. The van der Waals surface area contributed by atoms with E-state index in [0.717, 1.165) is 11.1 Å². The minimum atomic E-state index is -0.0683. The Morgan fingerprint density at radius 2 is 1.24 bits per heavy atom. The van der Waals surface area contributed by atoms with Crippen molar-refractivity contribution in [1.29, 1.82) is 0 Å². The zero-order valence-electron chi connectivity index (χ0n) is 11.4. The normalized spacial score (nSPS) is 22.3. The number of piperidine rings is 1. The number of rotatable bonds is 2. The van der Waals surface area contributed by atoms with E-state index in [9.17, 15) is 4.79 Å². The van der Waals surface area contributed by atoms with Gasteiger partial charge in [0.25, 0.3) is 0 Å². The van der Waals surface area contributed by atoms with Crippen LogP contribution in [0.4, 0.5) is 0 Å². The molecule has 0 unspecified atom stereocenters. The zero-order valence-corrected chi connectivity index (χ0v) is 12.9. The standard InChI is InChI=1S/C17H15Cl2NO/c18-14-7-3-1-5-12(14)16-9-11(21)10-17(20-16)13-6-2-4-8-15(13)19/h1-8,16-17,20H,9-10H2/t16-,17+. The summed E-state index contributed by atoms with van der Waals surface area (Å²) in [6, 6.07) is 15.1. The molecule has 3 rings (SSSR count). The third kappa shape index (κ3) is 3.13. The summed E-state index contributed by atoms with van der Waals surface area (Å²) in [6.07, 6.45) is 0.926. The van der Waals surface area contributed by atoms with Crippen molar-refractivity contribution in [3.8, 4) is 0 Å². The second-order valence-corrected chi connectivity index (χ2v) is 6.08. The number of hydrogen-bond donors (Lipinski definition) is 1. The fraction of sp³-hybridized carbons (Fsp3) is 0.235. The summed E-state index contributed by atoms with van der Waals surface area (Å²) in [4.78, 5) is 12.1. The van der Waals surface area contributed by atoms with Gasteiger partial charge in [0.1, 0.15) is 5.78 Å². The lowest BCUT2D eigenvalue weighted by Crippen LogP contribution is -2.35. The number of halogens is 2. The molecule has 21 heavy (non-hydrogen) atoms. The molecule has 1 heterocycles. The van der Waals surface area contributed by atoms with Crippen LogP contribution in [-0.2, 0) is 4.79 Å². The van der Waals surface area contributed by atoms with Crippen molar-refractivity contribution in [3.05, 3.63) is 69.7 Å². The molecule has 2 nitrogen and oxygen atoms in total. The first-order valence-corrected chi connectivity index (χ1v) is 7.67. The van der Waals surface area contributed by atoms with Crippen molar-refractivity contribution in [3.63, 3.8) is 0 Å². The number of carbonyl (C=O) groups is 1. The maximum atomic E-state index is 12.1. The summed E-state index contributed by atoms with van der Waals surface area (Å²) in [5, 5.41) is 4.87. The van der Waals surface area contributed by atoms with Gasteiger partial charge in [-0.25, -0.2) is 0 Å². The summed E-state index contributed by atoms with van der Waals surface area (Å²) in [5.74, 6) is 0.226. The van der Waals surface area contributed by atoms with Crippen LogP contribution in [0.1, 0.15) is 36.1 Å². The summed E-state index contributed by atoms with van der Waals surface area (Å²) in [7, 11) is 0. The number of nitrogens with one attached hydrogen (secondary N) is 1. The van der Waals surface area contributed by atoms with Gasteiger partial charge in [-0.15, -0.1) is 0 Å². The molecule has 0 aliphatic carbocycles. The van der Waals surface area contributed by atoms with Gasteiger partial charge >= 0.3 is 0 Å². The first-order valence-electron chi connectivity index (χ1n) is 6.92.